The van der Waals surface area contributed by atoms with Gasteiger partial charge in [0.2, 0.25) is 5.91 Å². The molecule has 0 aliphatic carbocycles. The lowest BCUT2D eigenvalue weighted by atomic mass is 10.2. The average molecular weight is 263 g/mol. The summed E-state index contributed by atoms with van der Waals surface area (Å²) in [5.74, 6) is -0.640. The van der Waals surface area contributed by atoms with E-state index in [2.05, 4.69) is 5.32 Å². The Hall–Kier alpha value is -2.09. The van der Waals surface area contributed by atoms with Crippen LogP contribution in [0.1, 0.15) is 26.3 Å². The number of rotatable bonds is 5. The smallest absolute Gasteiger partial charge is 0.239 e. The molecule has 5 heteroatoms. The fraction of sp³-hybridized carbons (Fsp3) is 0.429. The molecule has 0 saturated carbocycles. The van der Waals surface area contributed by atoms with Crippen molar-refractivity contribution >= 4 is 11.6 Å². The molecule has 0 aromatic heterocycles. The lowest BCUT2D eigenvalue weighted by Crippen LogP contribution is -2.40. The van der Waals surface area contributed by atoms with Crippen LogP contribution >= 0.6 is 0 Å². The van der Waals surface area contributed by atoms with Gasteiger partial charge in [0.25, 0.3) is 0 Å². The molecule has 1 N–H and O–H groups in total. The zero-order valence-electron chi connectivity index (χ0n) is 11.4. The number of hydrogen-bond acceptors (Lipinski definition) is 3. The second-order valence-electron chi connectivity index (χ2n) is 4.51. The van der Waals surface area contributed by atoms with Crippen LogP contribution in [0.5, 0.6) is 0 Å². The Kier molecular flexibility index (Phi) is 5.31. The molecule has 0 heterocycles. The van der Waals surface area contributed by atoms with Gasteiger partial charge >= 0.3 is 0 Å². The van der Waals surface area contributed by atoms with Crippen molar-refractivity contribution in [3.8, 4) is 6.07 Å². The maximum Gasteiger partial charge on any atom is 0.239 e. The molecule has 0 aliphatic heterocycles. The summed E-state index contributed by atoms with van der Waals surface area (Å²) in [6.07, 6.45) is 0. The van der Waals surface area contributed by atoms with E-state index >= 15 is 0 Å². The van der Waals surface area contributed by atoms with Gasteiger partial charge in [-0.25, -0.2) is 4.39 Å². The summed E-state index contributed by atoms with van der Waals surface area (Å²) in [4.78, 5) is 13.3. The Balaban J connectivity index is 2.86. The van der Waals surface area contributed by atoms with E-state index in [-0.39, 0.29) is 24.1 Å². The first-order chi connectivity index (χ1) is 8.97. The van der Waals surface area contributed by atoms with E-state index in [4.69, 9.17) is 5.26 Å². The van der Waals surface area contributed by atoms with Gasteiger partial charge in [0.05, 0.1) is 23.9 Å². The molecule has 19 heavy (non-hydrogen) atoms. The zero-order valence-corrected chi connectivity index (χ0v) is 11.4. The Morgan fingerprint density at radius 1 is 1.53 bits per heavy atom. The minimum Gasteiger partial charge on any atom is -0.360 e. The van der Waals surface area contributed by atoms with E-state index < -0.39 is 5.82 Å². The third-order valence-electron chi connectivity index (χ3n) is 2.58. The van der Waals surface area contributed by atoms with Crippen LogP contribution in [0.3, 0.4) is 0 Å². The van der Waals surface area contributed by atoms with Crippen LogP contribution in [-0.2, 0) is 4.79 Å². The number of carbonyl (C=O) groups is 1. The highest BCUT2D eigenvalue weighted by atomic mass is 19.1. The summed E-state index contributed by atoms with van der Waals surface area (Å²) in [5.41, 5.74) is 0.601. The van der Waals surface area contributed by atoms with Crippen molar-refractivity contribution in [2.75, 3.05) is 18.0 Å². The molecule has 1 amide bonds. The maximum atomic E-state index is 13.9. The molecular weight excluding hydrogens is 245 g/mol. The van der Waals surface area contributed by atoms with Gasteiger partial charge in [0, 0.05) is 12.6 Å². The van der Waals surface area contributed by atoms with Crippen LogP contribution in [0.2, 0.25) is 0 Å². The van der Waals surface area contributed by atoms with E-state index in [1.807, 2.05) is 26.8 Å². The Morgan fingerprint density at radius 3 is 2.68 bits per heavy atom. The Bertz CT molecular complexity index is 494. The molecule has 102 valence electrons. The highest BCUT2D eigenvalue weighted by molar-refractivity contribution is 5.81. The molecule has 0 aliphatic rings. The second-order valence-corrected chi connectivity index (χ2v) is 4.51. The van der Waals surface area contributed by atoms with Crippen molar-refractivity contribution in [2.45, 2.75) is 26.8 Å². The molecule has 0 fully saturated rings. The first-order valence-electron chi connectivity index (χ1n) is 6.21. The molecule has 0 radical (unpaired) electrons. The van der Waals surface area contributed by atoms with Crippen LogP contribution in [-0.4, -0.2) is 25.0 Å². The number of halogens is 1. The topological polar surface area (TPSA) is 56.1 Å². The first-order valence-corrected chi connectivity index (χ1v) is 6.21. The average Bonchev–Trinajstić information content (AvgIpc) is 2.35. The first kappa shape index (κ1) is 15.0. The summed E-state index contributed by atoms with van der Waals surface area (Å²) in [5, 5.41) is 11.5. The summed E-state index contributed by atoms with van der Waals surface area (Å²) in [6, 6.07) is 6.18. The molecule has 0 unspecified atom stereocenters. The molecule has 0 atom stereocenters. The standard InChI is InChI=1S/C14H18FN3O/c1-4-18(9-14(19)17-10(2)3)13-6-5-11(8-16)7-12(13)15/h5-7,10H,4,9H2,1-3H3,(H,17,19). The van der Waals surface area contributed by atoms with Gasteiger partial charge in [-0.3, -0.25) is 4.79 Å². The normalized spacial score (nSPS) is 10.1. The summed E-state index contributed by atoms with van der Waals surface area (Å²) in [6.45, 7) is 6.19. The summed E-state index contributed by atoms with van der Waals surface area (Å²) < 4.78 is 13.9. The SMILES string of the molecule is CCN(CC(=O)NC(C)C)c1ccc(C#N)cc1F. The second kappa shape index (κ2) is 6.74. The number of carbonyl (C=O) groups excluding carboxylic acids is 1. The highest BCUT2D eigenvalue weighted by Gasteiger charge is 2.14. The fourth-order valence-corrected chi connectivity index (χ4v) is 1.74. The third-order valence-corrected chi connectivity index (χ3v) is 2.58. The van der Waals surface area contributed by atoms with Crippen molar-refractivity contribution in [1.29, 1.82) is 5.26 Å². The number of likely N-dealkylation sites (N-methyl/N-ethyl adjacent to an activating group) is 1. The van der Waals surface area contributed by atoms with Crippen LogP contribution < -0.4 is 10.2 Å². The zero-order chi connectivity index (χ0) is 14.4. The number of hydrogen-bond donors (Lipinski definition) is 1. The van der Waals surface area contributed by atoms with Gasteiger partial charge in [-0.1, -0.05) is 0 Å². The molecule has 0 saturated heterocycles. The van der Waals surface area contributed by atoms with E-state index in [1.165, 1.54) is 12.1 Å². The van der Waals surface area contributed by atoms with Crippen molar-refractivity contribution in [1.82, 2.24) is 5.32 Å². The number of nitriles is 1. The van der Waals surface area contributed by atoms with Crippen molar-refractivity contribution in [3.05, 3.63) is 29.6 Å². The Morgan fingerprint density at radius 2 is 2.21 bits per heavy atom. The number of nitrogens with zero attached hydrogens (tertiary/aromatic N) is 2. The van der Waals surface area contributed by atoms with Gasteiger partial charge in [-0.2, -0.15) is 5.26 Å². The molecular formula is C14H18FN3O. The number of anilines is 1. The van der Waals surface area contributed by atoms with Gasteiger partial charge in [0.1, 0.15) is 5.82 Å². The molecule has 0 bridgehead atoms. The minimum absolute atomic E-state index is 0.0528. The van der Waals surface area contributed by atoms with E-state index in [0.717, 1.165) is 0 Å². The van der Waals surface area contributed by atoms with E-state index in [1.54, 1.807) is 11.0 Å². The van der Waals surface area contributed by atoms with Crippen LogP contribution in [0.15, 0.2) is 18.2 Å². The largest absolute Gasteiger partial charge is 0.360 e. The van der Waals surface area contributed by atoms with Gasteiger partial charge in [-0.05, 0) is 39.0 Å². The molecule has 1 aromatic rings. The Labute approximate surface area is 112 Å². The summed E-state index contributed by atoms with van der Waals surface area (Å²) >= 11 is 0. The number of nitrogens with one attached hydrogen (secondary N) is 1. The lowest BCUT2D eigenvalue weighted by Gasteiger charge is -2.23. The maximum absolute atomic E-state index is 13.9. The van der Waals surface area contributed by atoms with Crippen molar-refractivity contribution in [2.24, 2.45) is 0 Å². The van der Waals surface area contributed by atoms with Gasteiger partial charge in [-0.15, -0.1) is 0 Å². The van der Waals surface area contributed by atoms with Crippen LogP contribution in [0, 0.1) is 17.1 Å². The predicted octanol–water partition coefficient (Wildman–Crippen LogP) is 2.05. The van der Waals surface area contributed by atoms with Crippen LogP contribution in [0.25, 0.3) is 0 Å². The van der Waals surface area contributed by atoms with Crippen LogP contribution in [0.4, 0.5) is 10.1 Å². The molecule has 0 spiro atoms. The monoisotopic (exact) mass is 263 g/mol. The van der Waals surface area contributed by atoms with E-state index in [9.17, 15) is 9.18 Å². The fourth-order valence-electron chi connectivity index (χ4n) is 1.74. The minimum atomic E-state index is -0.488. The van der Waals surface area contributed by atoms with Gasteiger partial charge in [0.15, 0.2) is 0 Å². The quantitative estimate of drug-likeness (QED) is 0.884. The molecule has 1 aromatic carbocycles. The number of amides is 1. The third kappa shape index (κ3) is 4.25. The van der Waals surface area contributed by atoms with Gasteiger partial charge < -0.3 is 10.2 Å². The summed E-state index contributed by atoms with van der Waals surface area (Å²) in [7, 11) is 0. The lowest BCUT2D eigenvalue weighted by molar-refractivity contribution is -0.120. The predicted molar refractivity (Wildman–Crippen MR) is 72.3 cm³/mol. The van der Waals surface area contributed by atoms with Crippen molar-refractivity contribution < 1.29 is 9.18 Å². The number of benzene rings is 1. The molecule has 4 nitrogen and oxygen atoms in total. The van der Waals surface area contributed by atoms with Crippen molar-refractivity contribution in [3.63, 3.8) is 0 Å². The molecule has 1 rings (SSSR count). The highest BCUT2D eigenvalue weighted by Crippen LogP contribution is 2.20. The van der Waals surface area contributed by atoms with E-state index in [0.29, 0.717) is 12.2 Å².